The minimum absolute atomic E-state index is 0.191. The van der Waals surface area contributed by atoms with Crippen LogP contribution in [0.2, 0.25) is 0 Å². The molecule has 0 aliphatic carbocycles. The number of hydrogen-bond acceptors (Lipinski definition) is 5. The lowest BCUT2D eigenvalue weighted by Crippen LogP contribution is -2.41. The SMILES string of the molecule is CC1Oc2ccc(Nc3nccc(C(F)(F)F)n3)cc2N(C)C1=O. The molecular weight excluding hydrogens is 325 g/mol. The van der Waals surface area contributed by atoms with Gasteiger partial charge < -0.3 is 15.0 Å². The lowest BCUT2D eigenvalue weighted by Gasteiger charge is -2.30. The Morgan fingerprint density at radius 1 is 1.29 bits per heavy atom. The number of likely N-dealkylation sites (N-methyl/N-ethyl adjacent to an activating group) is 1. The van der Waals surface area contributed by atoms with Gasteiger partial charge in [0, 0.05) is 18.9 Å². The van der Waals surface area contributed by atoms with Gasteiger partial charge in [0.05, 0.1) is 5.69 Å². The predicted molar refractivity (Wildman–Crippen MR) is 80.3 cm³/mol. The molecule has 2 aromatic rings. The number of hydrogen-bond donors (Lipinski definition) is 1. The van der Waals surface area contributed by atoms with Crippen molar-refractivity contribution in [1.82, 2.24) is 9.97 Å². The number of carbonyl (C=O) groups is 1. The van der Waals surface area contributed by atoms with Gasteiger partial charge in [0.1, 0.15) is 11.4 Å². The molecule has 0 fully saturated rings. The normalized spacial score (nSPS) is 17.3. The zero-order valence-corrected chi connectivity index (χ0v) is 12.8. The second kappa shape index (κ2) is 5.66. The van der Waals surface area contributed by atoms with Crippen molar-refractivity contribution in [3.63, 3.8) is 0 Å². The maximum absolute atomic E-state index is 12.7. The zero-order valence-electron chi connectivity index (χ0n) is 12.8. The van der Waals surface area contributed by atoms with Crippen molar-refractivity contribution in [3.05, 3.63) is 36.2 Å². The standard InChI is InChI=1S/C15H13F3N4O2/c1-8-13(23)22(2)10-7-9(3-4-11(10)24-8)20-14-19-6-5-12(21-14)15(16,17)18/h3-8H,1-2H3,(H,19,20,21). The smallest absolute Gasteiger partial charge is 0.433 e. The molecule has 0 radical (unpaired) electrons. The summed E-state index contributed by atoms with van der Waals surface area (Å²) in [4.78, 5) is 20.6. The first-order valence-corrected chi connectivity index (χ1v) is 7.01. The molecule has 0 bridgehead atoms. The Labute approximate surface area is 135 Å². The predicted octanol–water partition coefficient (Wildman–Crippen LogP) is 2.98. The second-order valence-corrected chi connectivity index (χ2v) is 5.23. The number of fused-ring (bicyclic) bond motifs is 1. The highest BCUT2D eigenvalue weighted by Gasteiger charge is 2.33. The summed E-state index contributed by atoms with van der Waals surface area (Å²) in [5.41, 5.74) is -0.0941. The van der Waals surface area contributed by atoms with E-state index >= 15 is 0 Å². The van der Waals surface area contributed by atoms with Crippen LogP contribution in [-0.2, 0) is 11.0 Å². The van der Waals surface area contributed by atoms with E-state index in [4.69, 9.17) is 4.74 Å². The average molecular weight is 338 g/mol. The first kappa shape index (κ1) is 16.0. The van der Waals surface area contributed by atoms with E-state index < -0.39 is 18.0 Å². The van der Waals surface area contributed by atoms with Crippen molar-refractivity contribution in [2.45, 2.75) is 19.2 Å². The zero-order chi connectivity index (χ0) is 17.5. The van der Waals surface area contributed by atoms with Crippen molar-refractivity contribution in [3.8, 4) is 5.75 Å². The summed E-state index contributed by atoms with van der Waals surface area (Å²) in [6.07, 6.45) is -4.11. The first-order chi connectivity index (χ1) is 11.3. The number of carbonyl (C=O) groups excluding carboxylic acids is 1. The molecule has 1 atom stereocenters. The lowest BCUT2D eigenvalue weighted by molar-refractivity contribution is -0.141. The van der Waals surface area contributed by atoms with Crippen molar-refractivity contribution in [2.75, 3.05) is 17.3 Å². The fourth-order valence-corrected chi connectivity index (χ4v) is 2.30. The molecule has 0 spiro atoms. The Kier molecular flexibility index (Phi) is 3.78. The number of rotatable bonds is 2. The lowest BCUT2D eigenvalue weighted by atomic mass is 10.2. The fraction of sp³-hybridized carbons (Fsp3) is 0.267. The van der Waals surface area contributed by atoms with Gasteiger partial charge in [-0.05, 0) is 31.2 Å². The molecule has 0 saturated carbocycles. The molecule has 6 nitrogen and oxygen atoms in total. The van der Waals surface area contributed by atoms with Crippen molar-refractivity contribution >= 4 is 23.2 Å². The number of amides is 1. The number of alkyl halides is 3. The van der Waals surface area contributed by atoms with Crippen LogP contribution in [0.4, 0.5) is 30.5 Å². The van der Waals surface area contributed by atoms with Crippen LogP contribution < -0.4 is 15.0 Å². The van der Waals surface area contributed by atoms with Crippen LogP contribution in [0.5, 0.6) is 5.75 Å². The van der Waals surface area contributed by atoms with Crippen molar-refractivity contribution < 1.29 is 22.7 Å². The van der Waals surface area contributed by atoms with E-state index in [1.165, 1.54) is 4.90 Å². The molecule has 1 aliphatic rings. The molecule has 3 rings (SSSR count). The number of ether oxygens (including phenoxy) is 1. The number of aromatic nitrogens is 2. The molecule has 0 saturated heterocycles. The summed E-state index contributed by atoms with van der Waals surface area (Å²) < 4.78 is 43.5. The van der Waals surface area contributed by atoms with Crippen LogP contribution in [0.25, 0.3) is 0 Å². The minimum atomic E-state index is -4.55. The Morgan fingerprint density at radius 2 is 2.04 bits per heavy atom. The highest BCUT2D eigenvalue weighted by molar-refractivity contribution is 5.99. The Morgan fingerprint density at radius 3 is 2.75 bits per heavy atom. The molecule has 1 aliphatic heterocycles. The summed E-state index contributed by atoms with van der Waals surface area (Å²) in [5.74, 6) is 0.110. The molecule has 1 N–H and O–H groups in total. The maximum atomic E-state index is 12.7. The summed E-state index contributed by atoms with van der Waals surface area (Å²) in [5, 5.41) is 2.70. The van der Waals surface area contributed by atoms with E-state index in [0.717, 1.165) is 12.3 Å². The number of nitrogens with one attached hydrogen (secondary N) is 1. The highest BCUT2D eigenvalue weighted by atomic mass is 19.4. The highest BCUT2D eigenvalue weighted by Crippen LogP contribution is 2.36. The monoisotopic (exact) mass is 338 g/mol. The van der Waals surface area contributed by atoms with Crippen LogP contribution in [-0.4, -0.2) is 29.0 Å². The van der Waals surface area contributed by atoms with E-state index in [-0.39, 0.29) is 11.9 Å². The van der Waals surface area contributed by atoms with E-state index in [9.17, 15) is 18.0 Å². The van der Waals surface area contributed by atoms with Gasteiger partial charge in [0.15, 0.2) is 6.10 Å². The molecule has 1 aromatic carbocycles. The van der Waals surface area contributed by atoms with E-state index in [0.29, 0.717) is 17.1 Å². The van der Waals surface area contributed by atoms with E-state index in [1.54, 1.807) is 32.2 Å². The van der Waals surface area contributed by atoms with Gasteiger partial charge >= 0.3 is 6.18 Å². The van der Waals surface area contributed by atoms with E-state index in [1.807, 2.05) is 0 Å². The third-order valence-corrected chi connectivity index (χ3v) is 3.50. The van der Waals surface area contributed by atoms with Crippen LogP contribution in [0.15, 0.2) is 30.5 Å². The third-order valence-electron chi connectivity index (χ3n) is 3.50. The Hall–Kier alpha value is -2.84. The first-order valence-electron chi connectivity index (χ1n) is 7.01. The molecule has 1 aromatic heterocycles. The van der Waals surface area contributed by atoms with Gasteiger partial charge in [-0.25, -0.2) is 9.97 Å². The summed E-state index contributed by atoms with van der Waals surface area (Å²) in [6, 6.07) is 5.62. The van der Waals surface area contributed by atoms with Crippen LogP contribution in [0.1, 0.15) is 12.6 Å². The number of anilines is 3. The number of nitrogens with zero attached hydrogens (tertiary/aromatic N) is 3. The van der Waals surface area contributed by atoms with E-state index in [2.05, 4.69) is 15.3 Å². The summed E-state index contributed by atoms with van der Waals surface area (Å²) in [6.45, 7) is 1.64. The quantitative estimate of drug-likeness (QED) is 0.912. The molecular formula is C15H13F3N4O2. The molecule has 1 amide bonds. The van der Waals surface area contributed by atoms with Crippen LogP contribution in [0, 0.1) is 0 Å². The van der Waals surface area contributed by atoms with Crippen molar-refractivity contribution in [2.24, 2.45) is 0 Å². The number of benzene rings is 1. The second-order valence-electron chi connectivity index (χ2n) is 5.23. The fourth-order valence-electron chi connectivity index (χ4n) is 2.30. The summed E-state index contributed by atoms with van der Waals surface area (Å²) >= 11 is 0. The maximum Gasteiger partial charge on any atom is 0.433 e. The third kappa shape index (κ3) is 2.97. The van der Waals surface area contributed by atoms with Gasteiger partial charge in [-0.1, -0.05) is 0 Å². The Balaban J connectivity index is 1.89. The average Bonchev–Trinajstić information content (AvgIpc) is 2.53. The Bertz CT molecular complexity index is 795. The molecule has 1 unspecified atom stereocenters. The van der Waals surface area contributed by atoms with Gasteiger partial charge in [0.2, 0.25) is 5.95 Å². The van der Waals surface area contributed by atoms with Crippen LogP contribution in [0.3, 0.4) is 0 Å². The molecule has 24 heavy (non-hydrogen) atoms. The molecule has 9 heteroatoms. The molecule has 2 heterocycles. The number of halogens is 3. The van der Waals surface area contributed by atoms with Crippen LogP contribution >= 0.6 is 0 Å². The van der Waals surface area contributed by atoms with Crippen molar-refractivity contribution in [1.29, 1.82) is 0 Å². The summed E-state index contributed by atoms with van der Waals surface area (Å²) in [7, 11) is 1.60. The van der Waals surface area contributed by atoms with Gasteiger partial charge in [0.25, 0.3) is 5.91 Å². The topological polar surface area (TPSA) is 67.3 Å². The largest absolute Gasteiger partial charge is 0.479 e. The molecule has 126 valence electrons. The van der Waals surface area contributed by atoms with Gasteiger partial charge in [-0.3, -0.25) is 4.79 Å². The van der Waals surface area contributed by atoms with Gasteiger partial charge in [-0.2, -0.15) is 13.2 Å². The van der Waals surface area contributed by atoms with Gasteiger partial charge in [-0.15, -0.1) is 0 Å². The minimum Gasteiger partial charge on any atom is -0.479 e.